The maximum Gasteiger partial charge on any atom is 0.159 e. The number of anilines is 2. The fourth-order valence-corrected chi connectivity index (χ4v) is 3.21. The van der Waals surface area contributed by atoms with Crippen LogP contribution in [0.15, 0.2) is 36.5 Å². The summed E-state index contributed by atoms with van der Waals surface area (Å²) in [6.07, 6.45) is 2.57. The van der Waals surface area contributed by atoms with E-state index in [2.05, 4.69) is 26.9 Å². The number of Topliss-reactive ketones (excluding diaryl/α,β-unsaturated/α-hetero) is 1. The third kappa shape index (κ3) is 3.50. The van der Waals surface area contributed by atoms with Crippen molar-refractivity contribution in [3.8, 4) is 12.1 Å². The molecule has 0 amide bonds. The number of pyridine rings is 1. The Balaban J connectivity index is 1.86. The van der Waals surface area contributed by atoms with E-state index >= 15 is 0 Å². The Morgan fingerprint density at radius 2 is 1.77 bits per heavy atom. The quantitative estimate of drug-likeness (QED) is 0.795. The van der Waals surface area contributed by atoms with Crippen LogP contribution in [0.4, 0.5) is 11.5 Å². The van der Waals surface area contributed by atoms with Gasteiger partial charge >= 0.3 is 0 Å². The summed E-state index contributed by atoms with van der Waals surface area (Å²) in [5.41, 5.74) is 2.54. The van der Waals surface area contributed by atoms with Gasteiger partial charge in [-0.25, -0.2) is 4.98 Å². The van der Waals surface area contributed by atoms with Crippen molar-refractivity contribution in [2.75, 3.05) is 36.0 Å². The largest absolute Gasteiger partial charge is 0.369 e. The van der Waals surface area contributed by atoms with Crippen molar-refractivity contribution in [2.45, 2.75) is 13.3 Å². The van der Waals surface area contributed by atoms with Gasteiger partial charge in [0.15, 0.2) is 5.78 Å². The van der Waals surface area contributed by atoms with E-state index in [4.69, 9.17) is 0 Å². The van der Waals surface area contributed by atoms with E-state index in [0.717, 1.165) is 25.2 Å². The van der Waals surface area contributed by atoms with Gasteiger partial charge in [-0.1, -0.05) is 0 Å². The lowest BCUT2D eigenvalue weighted by Gasteiger charge is -2.25. The average molecular weight is 345 g/mol. The molecule has 3 rings (SSSR count). The third-order valence-electron chi connectivity index (χ3n) is 4.57. The lowest BCUT2D eigenvalue weighted by Crippen LogP contribution is -2.32. The highest BCUT2D eigenvalue weighted by Crippen LogP contribution is 2.25. The van der Waals surface area contributed by atoms with Gasteiger partial charge in [-0.3, -0.25) is 4.79 Å². The molecule has 1 aliphatic heterocycles. The first-order valence-corrected chi connectivity index (χ1v) is 8.54. The summed E-state index contributed by atoms with van der Waals surface area (Å²) in [5, 5.41) is 18.7. The first kappa shape index (κ1) is 17.4. The summed E-state index contributed by atoms with van der Waals surface area (Å²) in [5.74, 6) is 0.689. The Morgan fingerprint density at radius 3 is 2.50 bits per heavy atom. The molecule has 1 fully saturated rings. The summed E-state index contributed by atoms with van der Waals surface area (Å²) in [6.45, 7) is 4.48. The van der Waals surface area contributed by atoms with Crippen LogP contribution >= 0.6 is 0 Å². The zero-order chi connectivity index (χ0) is 18.5. The third-order valence-corrected chi connectivity index (χ3v) is 4.57. The predicted octanol–water partition coefficient (Wildman–Crippen LogP) is 2.74. The van der Waals surface area contributed by atoms with Gasteiger partial charge in [-0.05, 0) is 43.7 Å². The Labute approximate surface area is 152 Å². The minimum atomic E-state index is -0.0145. The molecule has 0 aliphatic carbocycles. The second-order valence-electron chi connectivity index (χ2n) is 6.21. The van der Waals surface area contributed by atoms with Crippen LogP contribution < -0.4 is 9.80 Å². The van der Waals surface area contributed by atoms with Gasteiger partial charge in [0.25, 0.3) is 0 Å². The van der Waals surface area contributed by atoms with Crippen molar-refractivity contribution in [3.05, 3.63) is 53.2 Å². The standard InChI is InChI=1S/C20H19N5O/c1-15(26)16-5-6-17(13-21)19(12-16)24-8-3-9-25(11-10-24)20-18(14-22)4-2-7-23-20/h2,4-7,12H,3,8-11H2,1H3. The van der Waals surface area contributed by atoms with Crippen molar-refractivity contribution in [3.63, 3.8) is 0 Å². The van der Waals surface area contributed by atoms with Crippen LogP contribution in [0.5, 0.6) is 0 Å². The molecule has 0 radical (unpaired) electrons. The van der Waals surface area contributed by atoms with Gasteiger partial charge in [0, 0.05) is 37.9 Å². The Hall–Kier alpha value is -3.38. The van der Waals surface area contributed by atoms with Crippen LogP contribution in [0.3, 0.4) is 0 Å². The van der Waals surface area contributed by atoms with Crippen molar-refractivity contribution >= 4 is 17.3 Å². The summed E-state index contributed by atoms with van der Waals surface area (Å²) in [6, 6.07) is 13.2. The summed E-state index contributed by atoms with van der Waals surface area (Å²) in [7, 11) is 0. The van der Waals surface area contributed by atoms with E-state index in [0.29, 0.717) is 35.6 Å². The van der Waals surface area contributed by atoms with E-state index in [-0.39, 0.29) is 5.78 Å². The molecule has 1 aromatic heterocycles. The predicted molar refractivity (Wildman–Crippen MR) is 99.2 cm³/mol. The molecule has 130 valence electrons. The van der Waals surface area contributed by atoms with Crippen LogP contribution in [0, 0.1) is 22.7 Å². The van der Waals surface area contributed by atoms with Crippen LogP contribution in [0.25, 0.3) is 0 Å². The van der Waals surface area contributed by atoms with E-state index in [9.17, 15) is 15.3 Å². The van der Waals surface area contributed by atoms with E-state index in [1.165, 1.54) is 6.92 Å². The van der Waals surface area contributed by atoms with Gasteiger partial charge in [-0.15, -0.1) is 0 Å². The molecule has 0 saturated carbocycles. The summed E-state index contributed by atoms with van der Waals surface area (Å²) < 4.78 is 0. The highest BCUT2D eigenvalue weighted by molar-refractivity contribution is 5.95. The first-order valence-electron chi connectivity index (χ1n) is 8.54. The Morgan fingerprint density at radius 1 is 1.04 bits per heavy atom. The molecule has 0 atom stereocenters. The number of nitriles is 2. The van der Waals surface area contributed by atoms with Crippen molar-refractivity contribution in [1.29, 1.82) is 10.5 Å². The number of hydrogen-bond acceptors (Lipinski definition) is 6. The van der Waals surface area contributed by atoms with Gasteiger partial charge < -0.3 is 9.80 Å². The van der Waals surface area contributed by atoms with Crippen molar-refractivity contribution in [1.82, 2.24) is 4.98 Å². The number of aromatic nitrogens is 1. The molecule has 6 heteroatoms. The Bertz CT molecular complexity index is 909. The zero-order valence-electron chi connectivity index (χ0n) is 14.6. The fraction of sp³-hybridized carbons (Fsp3) is 0.300. The van der Waals surface area contributed by atoms with Gasteiger partial charge in [-0.2, -0.15) is 10.5 Å². The summed E-state index contributed by atoms with van der Waals surface area (Å²) >= 11 is 0. The molecular formula is C20H19N5O. The first-order chi connectivity index (χ1) is 12.6. The molecule has 0 N–H and O–H groups in total. The van der Waals surface area contributed by atoms with Gasteiger partial charge in [0.05, 0.1) is 16.8 Å². The lowest BCUT2D eigenvalue weighted by molar-refractivity contribution is 0.101. The van der Waals surface area contributed by atoms with Gasteiger partial charge in [0.2, 0.25) is 0 Å². The maximum absolute atomic E-state index is 11.7. The smallest absolute Gasteiger partial charge is 0.159 e. The van der Waals surface area contributed by atoms with Crippen LogP contribution in [-0.2, 0) is 0 Å². The lowest BCUT2D eigenvalue weighted by atomic mass is 10.1. The topological polar surface area (TPSA) is 84.0 Å². The molecule has 1 aromatic carbocycles. The normalized spacial score (nSPS) is 14.3. The van der Waals surface area contributed by atoms with Crippen LogP contribution in [0.2, 0.25) is 0 Å². The molecule has 0 spiro atoms. The molecule has 1 saturated heterocycles. The molecule has 0 bridgehead atoms. The molecule has 26 heavy (non-hydrogen) atoms. The van der Waals surface area contributed by atoms with Crippen LogP contribution in [-0.4, -0.2) is 36.9 Å². The second-order valence-corrected chi connectivity index (χ2v) is 6.21. The molecule has 1 aliphatic rings. The van der Waals surface area contributed by atoms with Crippen molar-refractivity contribution < 1.29 is 4.79 Å². The van der Waals surface area contributed by atoms with E-state index in [1.807, 2.05) is 0 Å². The molecule has 6 nitrogen and oxygen atoms in total. The highest BCUT2D eigenvalue weighted by Gasteiger charge is 2.20. The van der Waals surface area contributed by atoms with E-state index < -0.39 is 0 Å². The molecule has 0 unspecified atom stereocenters. The average Bonchev–Trinajstić information content (AvgIpc) is 2.93. The number of carbonyl (C=O) groups excluding carboxylic acids is 1. The number of hydrogen-bond donors (Lipinski definition) is 0. The maximum atomic E-state index is 11.7. The summed E-state index contributed by atoms with van der Waals surface area (Å²) in [4.78, 5) is 20.3. The monoisotopic (exact) mass is 345 g/mol. The van der Waals surface area contributed by atoms with E-state index in [1.54, 1.807) is 36.5 Å². The fourth-order valence-electron chi connectivity index (χ4n) is 3.21. The number of nitrogens with zero attached hydrogens (tertiary/aromatic N) is 5. The molecule has 2 aromatic rings. The van der Waals surface area contributed by atoms with Gasteiger partial charge in [0.1, 0.15) is 18.0 Å². The second kappa shape index (κ2) is 7.67. The minimum absolute atomic E-state index is 0.0145. The number of benzene rings is 1. The zero-order valence-corrected chi connectivity index (χ0v) is 14.6. The van der Waals surface area contributed by atoms with Crippen molar-refractivity contribution in [2.24, 2.45) is 0 Å². The van der Waals surface area contributed by atoms with Crippen LogP contribution in [0.1, 0.15) is 34.8 Å². The molecular weight excluding hydrogens is 326 g/mol. The number of rotatable bonds is 3. The highest BCUT2D eigenvalue weighted by atomic mass is 16.1. The Kier molecular flexibility index (Phi) is 5.15. The number of ketones is 1. The molecule has 2 heterocycles. The number of carbonyl (C=O) groups is 1. The SMILES string of the molecule is CC(=O)c1ccc(C#N)c(N2CCCN(c3ncccc3C#N)CC2)c1. The minimum Gasteiger partial charge on any atom is -0.369 e.